The maximum Gasteiger partial charge on any atom is 0.257 e. The highest BCUT2D eigenvalue weighted by molar-refractivity contribution is 7.90. The molecule has 1 heterocycles. The van der Waals surface area contributed by atoms with Crippen LogP contribution in [0.3, 0.4) is 0 Å². The average Bonchev–Trinajstić information content (AvgIpc) is 2.53. The van der Waals surface area contributed by atoms with Gasteiger partial charge in [0.25, 0.3) is 5.91 Å². The molecule has 25 heavy (non-hydrogen) atoms. The van der Waals surface area contributed by atoms with E-state index >= 15 is 0 Å². The van der Waals surface area contributed by atoms with Crippen molar-refractivity contribution in [3.8, 4) is 0 Å². The summed E-state index contributed by atoms with van der Waals surface area (Å²) in [7, 11) is -2.99. The molecule has 2 rings (SSSR count). The van der Waals surface area contributed by atoms with Crippen LogP contribution < -0.4 is 10.6 Å². The monoisotopic (exact) mass is 381 g/mol. The van der Waals surface area contributed by atoms with Crippen molar-refractivity contribution in [3.63, 3.8) is 0 Å². The number of pyridine rings is 1. The van der Waals surface area contributed by atoms with Crippen LogP contribution in [0.15, 0.2) is 42.6 Å². The third-order valence-electron chi connectivity index (χ3n) is 3.42. The summed E-state index contributed by atoms with van der Waals surface area (Å²) in [6.45, 7) is 1.88. The summed E-state index contributed by atoms with van der Waals surface area (Å²) in [5, 5.41) is 6.40. The van der Waals surface area contributed by atoms with Gasteiger partial charge in [-0.25, -0.2) is 13.4 Å². The van der Waals surface area contributed by atoms with E-state index in [1.807, 2.05) is 6.92 Å². The van der Waals surface area contributed by atoms with Gasteiger partial charge in [-0.3, -0.25) is 4.79 Å². The molecule has 1 aromatic heterocycles. The quantitative estimate of drug-likeness (QED) is 0.768. The third kappa shape index (κ3) is 6.72. The minimum Gasteiger partial charge on any atom is -0.368 e. The first-order valence-corrected chi connectivity index (χ1v) is 10.1. The number of halogens is 1. The third-order valence-corrected chi connectivity index (χ3v) is 4.64. The van der Waals surface area contributed by atoms with Crippen LogP contribution in [-0.4, -0.2) is 37.4 Å². The molecule has 2 aromatic rings. The molecule has 134 valence electrons. The summed E-state index contributed by atoms with van der Waals surface area (Å²) in [5.41, 5.74) is 1.02. The molecular formula is C17H20ClN3O3S. The number of aromatic nitrogens is 1. The minimum atomic E-state index is -2.99. The van der Waals surface area contributed by atoms with E-state index < -0.39 is 9.84 Å². The van der Waals surface area contributed by atoms with E-state index in [-0.39, 0.29) is 17.7 Å². The molecule has 1 amide bonds. The second kappa shape index (κ2) is 8.31. The van der Waals surface area contributed by atoms with Crippen LogP contribution >= 0.6 is 11.6 Å². The van der Waals surface area contributed by atoms with Gasteiger partial charge in [-0.05, 0) is 43.7 Å². The van der Waals surface area contributed by atoms with Crippen LogP contribution in [0.2, 0.25) is 5.02 Å². The lowest BCUT2D eigenvalue weighted by Gasteiger charge is -2.14. The maximum atomic E-state index is 12.2. The normalized spacial score (nSPS) is 12.4. The topological polar surface area (TPSA) is 88.2 Å². The SMILES string of the molecule is CC(CCS(C)(=O)=O)Nc1ccc(C(=O)Nc2cccc(Cl)c2)cn1. The number of nitrogens with zero attached hydrogens (tertiary/aromatic N) is 1. The molecular weight excluding hydrogens is 362 g/mol. The summed E-state index contributed by atoms with van der Waals surface area (Å²) < 4.78 is 22.4. The summed E-state index contributed by atoms with van der Waals surface area (Å²) in [5.74, 6) is 0.410. The first kappa shape index (κ1) is 19.2. The largest absolute Gasteiger partial charge is 0.368 e. The van der Waals surface area contributed by atoms with Crippen molar-refractivity contribution in [1.82, 2.24) is 4.98 Å². The van der Waals surface area contributed by atoms with Crippen LogP contribution in [0.5, 0.6) is 0 Å². The Kier molecular flexibility index (Phi) is 6.39. The van der Waals surface area contributed by atoms with E-state index in [1.54, 1.807) is 36.4 Å². The molecule has 1 atom stereocenters. The lowest BCUT2D eigenvalue weighted by atomic mass is 10.2. The molecule has 0 radical (unpaired) electrons. The zero-order valence-corrected chi connectivity index (χ0v) is 15.6. The van der Waals surface area contributed by atoms with Gasteiger partial charge in [0.05, 0.1) is 11.3 Å². The minimum absolute atomic E-state index is 0.0478. The predicted molar refractivity (Wildman–Crippen MR) is 101 cm³/mol. The lowest BCUT2D eigenvalue weighted by Crippen LogP contribution is -2.20. The van der Waals surface area contributed by atoms with Gasteiger partial charge in [-0.1, -0.05) is 17.7 Å². The molecule has 0 saturated heterocycles. The summed E-state index contributed by atoms with van der Waals surface area (Å²) in [4.78, 5) is 16.4. The molecule has 1 unspecified atom stereocenters. The van der Waals surface area contributed by atoms with Crippen LogP contribution in [0, 0.1) is 0 Å². The molecule has 2 N–H and O–H groups in total. The van der Waals surface area contributed by atoms with Crippen molar-refractivity contribution in [3.05, 3.63) is 53.2 Å². The van der Waals surface area contributed by atoms with Crippen molar-refractivity contribution >= 4 is 38.9 Å². The van der Waals surface area contributed by atoms with Gasteiger partial charge in [-0.15, -0.1) is 0 Å². The van der Waals surface area contributed by atoms with Crippen molar-refractivity contribution in [2.45, 2.75) is 19.4 Å². The summed E-state index contributed by atoms with van der Waals surface area (Å²) in [6, 6.07) is 10.2. The van der Waals surface area contributed by atoms with Gasteiger partial charge < -0.3 is 10.6 Å². The van der Waals surface area contributed by atoms with Gasteiger partial charge in [0, 0.05) is 29.2 Å². The van der Waals surface area contributed by atoms with Gasteiger partial charge in [0.2, 0.25) is 0 Å². The zero-order chi connectivity index (χ0) is 18.4. The van der Waals surface area contributed by atoms with Crippen molar-refractivity contribution in [2.24, 2.45) is 0 Å². The van der Waals surface area contributed by atoms with E-state index in [4.69, 9.17) is 11.6 Å². The molecule has 1 aromatic carbocycles. The van der Waals surface area contributed by atoms with Crippen LogP contribution in [0.4, 0.5) is 11.5 Å². The Morgan fingerprint density at radius 3 is 2.64 bits per heavy atom. The average molecular weight is 382 g/mol. The van der Waals surface area contributed by atoms with Crippen molar-refractivity contribution in [2.75, 3.05) is 22.6 Å². The number of sulfone groups is 1. The summed E-state index contributed by atoms with van der Waals surface area (Å²) >= 11 is 5.89. The molecule has 0 aliphatic rings. The van der Waals surface area contributed by atoms with E-state index in [9.17, 15) is 13.2 Å². The Bertz CT molecular complexity index is 838. The number of amides is 1. The van der Waals surface area contributed by atoms with Gasteiger partial charge in [0.1, 0.15) is 15.7 Å². The molecule has 8 heteroatoms. The summed E-state index contributed by atoms with van der Waals surface area (Å²) in [6.07, 6.45) is 3.16. The highest BCUT2D eigenvalue weighted by Gasteiger charge is 2.10. The Morgan fingerprint density at radius 2 is 2.04 bits per heavy atom. The predicted octanol–water partition coefficient (Wildman–Crippen LogP) is 3.22. The maximum absolute atomic E-state index is 12.2. The number of hydrogen-bond acceptors (Lipinski definition) is 5. The van der Waals surface area contributed by atoms with Crippen LogP contribution in [0.25, 0.3) is 0 Å². The lowest BCUT2D eigenvalue weighted by molar-refractivity contribution is 0.102. The number of carbonyl (C=O) groups is 1. The van der Waals surface area contributed by atoms with Crippen LogP contribution in [-0.2, 0) is 9.84 Å². The Balaban J connectivity index is 1.93. The van der Waals surface area contributed by atoms with Crippen molar-refractivity contribution in [1.29, 1.82) is 0 Å². The zero-order valence-electron chi connectivity index (χ0n) is 14.0. The fourth-order valence-electron chi connectivity index (χ4n) is 2.10. The second-order valence-electron chi connectivity index (χ2n) is 5.86. The number of benzene rings is 1. The number of rotatable bonds is 7. The molecule has 0 aliphatic heterocycles. The van der Waals surface area contributed by atoms with Crippen LogP contribution in [0.1, 0.15) is 23.7 Å². The smallest absolute Gasteiger partial charge is 0.257 e. The fourth-order valence-corrected chi connectivity index (χ4v) is 3.07. The number of nitrogens with one attached hydrogen (secondary N) is 2. The van der Waals surface area contributed by atoms with E-state index in [2.05, 4.69) is 15.6 Å². The Morgan fingerprint density at radius 1 is 1.28 bits per heavy atom. The van der Waals surface area contributed by atoms with Gasteiger partial charge in [-0.2, -0.15) is 0 Å². The highest BCUT2D eigenvalue weighted by Crippen LogP contribution is 2.16. The van der Waals surface area contributed by atoms with Crippen molar-refractivity contribution < 1.29 is 13.2 Å². The fraction of sp³-hybridized carbons (Fsp3) is 0.294. The Hall–Kier alpha value is -2.12. The van der Waals surface area contributed by atoms with E-state index in [0.717, 1.165) is 0 Å². The van der Waals surface area contributed by atoms with Gasteiger partial charge >= 0.3 is 0 Å². The first-order chi connectivity index (χ1) is 11.7. The van der Waals surface area contributed by atoms with E-state index in [0.29, 0.717) is 28.5 Å². The molecule has 0 aliphatic carbocycles. The molecule has 0 spiro atoms. The number of carbonyl (C=O) groups excluding carboxylic acids is 1. The number of anilines is 2. The molecule has 0 bridgehead atoms. The number of hydrogen-bond donors (Lipinski definition) is 2. The van der Waals surface area contributed by atoms with E-state index in [1.165, 1.54) is 12.5 Å². The molecule has 0 saturated carbocycles. The standard InChI is InChI=1S/C17H20ClN3O3S/c1-12(8-9-25(2,23)24)20-16-7-6-13(11-19-16)17(22)21-15-5-3-4-14(18)10-15/h3-7,10-12H,8-9H2,1-2H3,(H,19,20)(H,21,22). The second-order valence-corrected chi connectivity index (χ2v) is 8.56. The Labute approximate surface area is 152 Å². The highest BCUT2D eigenvalue weighted by atomic mass is 35.5. The molecule has 6 nitrogen and oxygen atoms in total. The molecule has 0 fully saturated rings. The first-order valence-electron chi connectivity index (χ1n) is 7.70. The van der Waals surface area contributed by atoms with Gasteiger partial charge in [0.15, 0.2) is 0 Å².